The van der Waals surface area contributed by atoms with E-state index in [1.807, 2.05) is 0 Å². The maximum absolute atomic E-state index is 2.29. The topological polar surface area (TPSA) is 0 Å². The molecule has 5 aromatic rings. The Kier molecular flexibility index (Phi) is 3.39. The minimum atomic E-state index is 0. The summed E-state index contributed by atoms with van der Waals surface area (Å²) in [5.74, 6) is 0. The minimum absolute atomic E-state index is 0. The molecule has 0 fully saturated rings. The SMILES string of the molecule is Cc1c(C)c2cccc3c4cccc5cccc(c(c1C)c23)c54.[H-].[Li+]. The Hall–Kier alpha value is -2.00. The molecule has 0 unspecified atom stereocenters. The van der Waals surface area contributed by atoms with E-state index >= 15 is 0 Å². The van der Waals surface area contributed by atoms with Crippen molar-refractivity contribution in [3.63, 3.8) is 0 Å². The van der Waals surface area contributed by atoms with E-state index < -0.39 is 0 Å². The summed E-state index contributed by atoms with van der Waals surface area (Å²) in [6.45, 7) is 6.79. The predicted octanol–water partition coefficient (Wildman–Crippen LogP) is 3.78. The first-order chi connectivity index (χ1) is 11.2. The van der Waals surface area contributed by atoms with Crippen molar-refractivity contribution in [1.82, 2.24) is 0 Å². The molecular weight excluding hydrogens is 283 g/mol. The zero-order valence-electron chi connectivity index (χ0n) is 15.7. The average Bonchev–Trinajstić information content (AvgIpc) is 2.59. The Morgan fingerprint density at radius 2 is 1.04 bits per heavy atom. The van der Waals surface area contributed by atoms with Gasteiger partial charge in [-0.2, -0.15) is 0 Å². The van der Waals surface area contributed by atoms with E-state index in [2.05, 4.69) is 75.4 Å². The average molecular weight is 302 g/mol. The van der Waals surface area contributed by atoms with Gasteiger partial charge in [0.05, 0.1) is 0 Å². The first kappa shape index (κ1) is 15.5. The standard InChI is InChI=1S/C23H18.Li.H/c1-13-14(2)17-9-6-11-19-18-10-4-7-16-8-5-12-20(22(16)18)21(15(13)3)23(17)19;;/h4-12H,1-3H3;;/q;+1;-1. The van der Waals surface area contributed by atoms with Gasteiger partial charge in [0.2, 0.25) is 0 Å². The molecule has 0 aromatic heterocycles. The van der Waals surface area contributed by atoms with Gasteiger partial charge in [-0.15, -0.1) is 0 Å². The molecule has 0 aliphatic carbocycles. The monoisotopic (exact) mass is 302 g/mol. The van der Waals surface area contributed by atoms with Crippen LogP contribution in [0, 0.1) is 20.8 Å². The molecule has 0 saturated carbocycles. The van der Waals surface area contributed by atoms with Crippen molar-refractivity contribution in [1.29, 1.82) is 0 Å². The van der Waals surface area contributed by atoms with Crippen LogP contribution in [-0.4, -0.2) is 0 Å². The quantitative estimate of drug-likeness (QED) is 0.232. The van der Waals surface area contributed by atoms with Crippen molar-refractivity contribution < 1.29 is 20.3 Å². The van der Waals surface area contributed by atoms with Crippen molar-refractivity contribution >= 4 is 43.1 Å². The van der Waals surface area contributed by atoms with E-state index in [0.29, 0.717) is 0 Å². The van der Waals surface area contributed by atoms with E-state index in [1.54, 1.807) is 0 Å². The number of hydrogen-bond donors (Lipinski definition) is 0. The Bertz CT molecular complexity index is 1230. The maximum atomic E-state index is 2.29. The Morgan fingerprint density at radius 1 is 0.500 bits per heavy atom. The summed E-state index contributed by atoms with van der Waals surface area (Å²) in [6, 6.07) is 20.1. The molecule has 0 spiro atoms. The summed E-state index contributed by atoms with van der Waals surface area (Å²) in [5, 5.41) is 11.1. The Labute approximate surface area is 155 Å². The largest absolute Gasteiger partial charge is 1.00 e. The molecule has 5 rings (SSSR count). The van der Waals surface area contributed by atoms with Crippen LogP contribution < -0.4 is 18.9 Å². The number of rotatable bonds is 0. The van der Waals surface area contributed by atoms with Crippen LogP contribution in [0.25, 0.3) is 43.1 Å². The van der Waals surface area contributed by atoms with Crippen molar-refractivity contribution in [2.24, 2.45) is 0 Å². The van der Waals surface area contributed by atoms with Gasteiger partial charge in [0.15, 0.2) is 0 Å². The van der Waals surface area contributed by atoms with Crippen molar-refractivity contribution in [3.05, 3.63) is 71.3 Å². The summed E-state index contributed by atoms with van der Waals surface area (Å²) in [4.78, 5) is 0. The minimum Gasteiger partial charge on any atom is -1.00 e. The van der Waals surface area contributed by atoms with Crippen LogP contribution in [0.5, 0.6) is 0 Å². The summed E-state index contributed by atoms with van der Waals surface area (Å²) < 4.78 is 0. The third kappa shape index (κ3) is 1.76. The van der Waals surface area contributed by atoms with Crippen LogP contribution in [0.4, 0.5) is 0 Å². The molecule has 0 N–H and O–H groups in total. The third-order valence-electron chi connectivity index (χ3n) is 5.68. The molecule has 0 heterocycles. The van der Waals surface area contributed by atoms with Gasteiger partial charge in [-0.25, -0.2) is 0 Å². The van der Waals surface area contributed by atoms with Crippen molar-refractivity contribution in [3.8, 4) is 0 Å². The Morgan fingerprint density at radius 3 is 1.75 bits per heavy atom. The second-order valence-corrected chi connectivity index (χ2v) is 6.69. The van der Waals surface area contributed by atoms with Gasteiger partial charge < -0.3 is 1.43 Å². The molecule has 5 aromatic carbocycles. The number of aryl methyl sites for hydroxylation is 2. The Balaban J connectivity index is 0.000000911. The molecule has 0 nitrogen and oxygen atoms in total. The molecule has 0 aliphatic rings. The van der Waals surface area contributed by atoms with Gasteiger partial charge in [-0.3, -0.25) is 0 Å². The molecule has 1 heteroatoms. The molecule has 0 radical (unpaired) electrons. The van der Waals surface area contributed by atoms with Crippen LogP contribution >= 0.6 is 0 Å². The van der Waals surface area contributed by atoms with Gasteiger partial charge >= 0.3 is 18.9 Å². The fourth-order valence-corrected chi connectivity index (χ4v) is 4.33. The van der Waals surface area contributed by atoms with Crippen molar-refractivity contribution in [2.45, 2.75) is 20.8 Å². The summed E-state index contributed by atoms with van der Waals surface area (Å²) >= 11 is 0. The van der Waals surface area contributed by atoms with Gasteiger partial charge in [0.25, 0.3) is 0 Å². The fraction of sp³-hybridized carbons (Fsp3) is 0.130. The van der Waals surface area contributed by atoms with Crippen LogP contribution in [0.3, 0.4) is 0 Å². The molecule has 0 aliphatic heterocycles. The zero-order valence-corrected chi connectivity index (χ0v) is 14.7. The second-order valence-electron chi connectivity index (χ2n) is 6.69. The van der Waals surface area contributed by atoms with Crippen LogP contribution in [0.1, 0.15) is 18.1 Å². The second kappa shape index (κ2) is 5.25. The van der Waals surface area contributed by atoms with Crippen molar-refractivity contribution in [2.75, 3.05) is 0 Å². The van der Waals surface area contributed by atoms with E-state index in [4.69, 9.17) is 0 Å². The molecule has 0 amide bonds. The molecular formula is C23H19Li. The summed E-state index contributed by atoms with van der Waals surface area (Å²) in [6.07, 6.45) is 0. The van der Waals surface area contributed by atoms with Crippen LogP contribution in [0.2, 0.25) is 0 Å². The first-order valence-corrected chi connectivity index (χ1v) is 8.23. The van der Waals surface area contributed by atoms with E-state index in [9.17, 15) is 0 Å². The molecule has 0 saturated heterocycles. The van der Waals surface area contributed by atoms with Crippen LogP contribution in [0.15, 0.2) is 54.6 Å². The molecule has 0 atom stereocenters. The summed E-state index contributed by atoms with van der Waals surface area (Å²) in [5.41, 5.74) is 4.25. The van der Waals surface area contributed by atoms with Gasteiger partial charge in [-0.05, 0) is 80.6 Å². The smallest absolute Gasteiger partial charge is 1.00 e. The fourth-order valence-electron chi connectivity index (χ4n) is 4.33. The van der Waals surface area contributed by atoms with Gasteiger partial charge in [0, 0.05) is 0 Å². The van der Waals surface area contributed by atoms with E-state index in [-0.39, 0.29) is 20.3 Å². The zero-order chi connectivity index (χ0) is 15.7. The van der Waals surface area contributed by atoms with Crippen LogP contribution in [-0.2, 0) is 0 Å². The molecule has 0 bridgehead atoms. The first-order valence-electron chi connectivity index (χ1n) is 8.23. The molecule has 24 heavy (non-hydrogen) atoms. The maximum Gasteiger partial charge on any atom is 1.00 e. The third-order valence-corrected chi connectivity index (χ3v) is 5.68. The van der Waals surface area contributed by atoms with Gasteiger partial charge in [-0.1, -0.05) is 54.6 Å². The van der Waals surface area contributed by atoms with Gasteiger partial charge in [0.1, 0.15) is 0 Å². The van der Waals surface area contributed by atoms with E-state index in [0.717, 1.165) is 0 Å². The number of fused-ring (bicyclic) bond motifs is 2. The molecule has 112 valence electrons. The van der Waals surface area contributed by atoms with E-state index in [1.165, 1.54) is 59.8 Å². The number of hydrogen-bond acceptors (Lipinski definition) is 0. The predicted molar refractivity (Wildman–Crippen MR) is 103 cm³/mol. The summed E-state index contributed by atoms with van der Waals surface area (Å²) in [7, 11) is 0. The number of benzene rings is 5. The normalized spacial score (nSPS) is 11.6.